The fourth-order valence-corrected chi connectivity index (χ4v) is 2.97. The second-order valence-corrected chi connectivity index (χ2v) is 6.15. The van der Waals surface area contributed by atoms with Crippen LogP contribution in [0.25, 0.3) is 10.9 Å². The topological polar surface area (TPSA) is 109 Å². The van der Waals surface area contributed by atoms with Gasteiger partial charge in [-0.1, -0.05) is 30.3 Å². The van der Waals surface area contributed by atoms with E-state index in [0.717, 1.165) is 17.7 Å². The van der Waals surface area contributed by atoms with Crippen LogP contribution in [0.15, 0.2) is 53.3 Å². The summed E-state index contributed by atoms with van der Waals surface area (Å²) in [5, 5.41) is 21.2. The lowest BCUT2D eigenvalue weighted by atomic mass is 10.1. The Bertz CT molecular complexity index is 1110. The summed E-state index contributed by atoms with van der Waals surface area (Å²) in [6.07, 6.45) is 0.466. The zero-order chi connectivity index (χ0) is 20.3. The summed E-state index contributed by atoms with van der Waals surface area (Å²) < 4.78 is 15.0. The number of aromatic hydroxyl groups is 1. The molecule has 3 aromatic rings. The molecule has 3 rings (SSSR count). The molecule has 0 unspecified atom stereocenters. The van der Waals surface area contributed by atoms with Gasteiger partial charge in [-0.3, -0.25) is 14.4 Å². The second-order valence-electron chi connectivity index (χ2n) is 6.15. The lowest BCUT2D eigenvalue weighted by Crippen LogP contribution is -2.36. The fourth-order valence-electron chi connectivity index (χ4n) is 2.97. The number of benzene rings is 2. The molecule has 0 aliphatic heterocycles. The van der Waals surface area contributed by atoms with Gasteiger partial charge in [-0.25, -0.2) is 4.39 Å². The number of hydrogen-bond acceptors (Lipinski definition) is 4. The number of aryl methyl sites for hydroxylation is 2. The lowest BCUT2D eigenvalue weighted by molar-refractivity contribution is -0.135. The van der Waals surface area contributed by atoms with Gasteiger partial charge in [0.25, 0.3) is 11.5 Å². The summed E-state index contributed by atoms with van der Waals surface area (Å²) in [6, 6.07) is 12.9. The summed E-state index contributed by atoms with van der Waals surface area (Å²) in [6.45, 7) is -0.534. The Labute approximate surface area is 158 Å². The van der Waals surface area contributed by atoms with Gasteiger partial charge < -0.3 is 20.1 Å². The molecule has 2 aromatic carbocycles. The molecule has 0 saturated carbocycles. The Balaban J connectivity index is 2.11. The average Bonchev–Trinajstić information content (AvgIpc) is 2.67. The van der Waals surface area contributed by atoms with E-state index in [2.05, 4.69) is 5.32 Å². The minimum absolute atomic E-state index is 0.00635. The Kier molecular flexibility index (Phi) is 5.39. The third-order valence-electron chi connectivity index (χ3n) is 4.29. The molecule has 0 radical (unpaired) electrons. The number of carbonyl (C=O) groups excluding carboxylic acids is 1. The van der Waals surface area contributed by atoms with Crippen molar-refractivity contribution in [1.82, 2.24) is 9.88 Å². The maximum Gasteiger partial charge on any atom is 0.322 e. The van der Waals surface area contributed by atoms with Gasteiger partial charge in [-0.05, 0) is 30.2 Å². The fraction of sp³-hybridized carbons (Fsp3) is 0.150. The van der Waals surface area contributed by atoms with Crippen LogP contribution in [0.3, 0.4) is 0 Å². The highest BCUT2D eigenvalue weighted by atomic mass is 19.1. The standard InChI is InChI=1S/C20H17FN2O5/c21-13-6-7-15-14(10-13)18(26)17(19(27)22-11-16(24)25)20(28)23(15)9-8-12-4-2-1-3-5-12/h1-7,10,26H,8-9,11H2,(H,22,27)(H,24,25). The monoisotopic (exact) mass is 384 g/mol. The molecule has 0 aliphatic carbocycles. The van der Waals surface area contributed by atoms with E-state index in [9.17, 15) is 23.9 Å². The van der Waals surface area contributed by atoms with Crippen molar-refractivity contribution < 1.29 is 24.2 Å². The van der Waals surface area contributed by atoms with Crippen LogP contribution in [0.2, 0.25) is 0 Å². The molecule has 3 N–H and O–H groups in total. The maximum absolute atomic E-state index is 13.7. The van der Waals surface area contributed by atoms with E-state index in [-0.39, 0.29) is 17.4 Å². The van der Waals surface area contributed by atoms with Gasteiger partial charge in [0.05, 0.1) is 5.52 Å². The van der Waals surface area contributed by atoms with Gasteiger partial charge in [0.1, 0.15) is 23.7 Å². The van der Waals surface area contributed by atoms with Crippen LogP contribution in [0.5, 0.6) is 5.75 Å². The van der Waals surface area contributed by atoms with E-state index in [1.54, 1.807) is 0 Å². The normalized spacial score (nSPS) is 10.8. The number of aliphatic carboxylic acids is 1. The summed E-state index contributed by atoms with van der Waals surface area (Å²) in [5.41, 5.74) is -0.174. The molecule has 1 amide bonds. The zero-order valence-corrected chi connectivity index (χ0v) is 14.7. The van der Waals surface area contributed by atoms with E-state index < -0.39 is 41.1 Å². The lowest BCUT2D eigenvalue weighted by Gasteiger charge is -2.15. The molecule has 28 heavy (non-hydrogen) atoms. The SMILES string of the molecule is O=C(O)CNC(=O)c1c(O)c2cc(F)ccc2n(CCc2ccccc2)c1=O. The number of aromatic nitrogens is 1. The molecule has 0 spiro atoms. The number of rotatable bonds is 6. The van der Waals surface area contributed by atoms with Crippen molar-refractivity contribution in [2.24, 2.45) is 0 Å². The largest absolute Gasteiger partial charge is 0.506 e. The molecule has 8 heteroatoms. The molecule has 1 heterocycles. The van der Waals surface area contributed by atoms with Crippen molar-refractivity contribution in [2.45, 2.75) is 13.0 Å². The van der Waals surface area contributed by atoms with Gasteiger partial charge in [0, 0.05) is 11.9 Å². The Morgan fingerprint density at radius 2 is 1.82 bits per heavy atom. The number of carbonyl (C=O) groups is 2. The Morgan fingerprint density at radius 1 is 1.11 bits per heavy atom. The number of nitrogens with one attached hydrogen (secondary N) is 1. The molecule has 0 atom stereocenters. The van der Waals surface area contributed by atoms with Crippen LogP contribution in [0.4, 0.5) is 4.39 Å². The van der Waals surface area contributed by atoms with E-state index in [4.69, 9.17) is 5.11 Å². The van der Waals surface area contributed by atoms with Crippen LogP contribution < -0.4 is 10.9 Å². The van der Waals surface area contributed by atoms with E-state index in [1.165, 1.54) is 10.6 Å². The number of pyridine rings is 1. The van der Waals surface area contributed by atoms with Crippen LogP contribution in [-0.4, -0.2) is 33.2 Å². The van der Waals surface area contributed by atoms with Crippen molar-refractivity contribution in [1.29, 1.82) is 0 Å². The quantitative estimate of drug-likeness (QED) is 0.602. The summed E-state index contributed by atoms with van der Waals surface area (Å²) in [7, 11) is 0. The average molecular weight is 384 g/mol. The predicted octanol–water partition coefficient (Wildman–Crippen LogP) is 1.90. The smallest absolute Gasteiger partial charge is 0.322 e. The van der Waals surface area contributed by atoms with E-state index in [1.807, 2.05) is 30.3 Å². The van der Waals surface area contributed by atoms with Crippen molar-refractivity contribution in [3.8, 4) is 5.75 Å². The molecule has 0 fully saturated rings. The van der Waals surface area contributed by atoms with E-state index >= 15 is 0 Å². The van der Waals surface area contributed by atoms with Gasteiger partial charge in [0.2, 0.25) is 0 Å². The Hall–Kier alpha value is -3.68. The number of hydrogen-bond donors (Lipinski definition) is 3. The van der Waals surface area contributed by atoms with Gasteiger partial charge in [-0.15, -0.1) is 0 Å². The van der Waals surface area contributed by atoms with Crippen molar-refractivity contribution >= 4 is 22.8 Å². The molecule has 144 valence electrons. The molecule has 0 bridgehead atoms. The highest BCUT2D eigenvalue weighted by molar-refractivity contribution is 6.03. The first-order valence-corrected chi connectivity index (χ1v) is 8.47. The minimum atomic E-state index is -1.30. The number of halogens is 1. The third kappa shape index (κ3) is 3.85. The predicted molar refractivity (Wildman–Crippen MR) is 99.9 cm³/mol. The number of carboxylic acids is 1. The maximum atomic E-state index is 13.7. The van der Waals surface area contributed by atoms with Crippen LogP contribution >= 0.6 is 0 Å². The molecule has 7 nitrogen and oxygen atoms in total. The minimum Gasteiger partial charge on any atom is -0.506 e. The second kappa shape index (κ2) is 7.91. The summed E-state index contributed by atoms with van der Waals surface area (Å²) in [5.74, 6) is -3.67. The van der Waals surface area contributed by atoms with E-state index in [0.29, 0.717) is 6.42 Å². The first kappa shape index (κ1) is 19.1. The molecule has 0 aliphatic rings. The van der Waals surface area contributed by atoms with Gasteiger partial charge in [-0.2, -0.15) is 0 Å². The van der Waals surface area contributed by atoms with Crippen molar-refractivity contribution in [2.75, 3.05) is 6.54 Å². The van der Waals surface area contributed by atoms with Crippen LogP contribution in [0.1, 0.15) is 15.9 Å². The Morgan fingerprint density at radius 3 is 2.50 bits per heavy atom. The number of nitrogens with zero attached hydrogens (tertiary/aromatic N) is 1. The highest BCUT2D eigenvalue weighted by Crippen LogP contribution is 2.27. The first-order chi connectivity index (χ1) is 13.4. The number of fused-ring (bicyclic) bond motifs is 1. The molecule has 0 saturated heterocycles. The summed E-state index contributed by atoms with van der Waals surface area (Å²) in [4.78, 5) is 35.9. The van der Waals surface area contributed by atoms with Crippen molar-refractivity contribution in [3.05, 3.63) is 75.8 Å². The molecular weight excluding hydrogens is 367 g/mol. The third-order valence-corrected chi connectivity index (χ3v) is 4.29. The number of carboxylic acid groups (broad SMARTS) is 1. The number of amides is 1. The molecule has 1 aromatic heterocycles. The molecular formula is C20H17FN2O5. The van der Waals surface area contributed by atoms with Crippen LogP contribution in [0, 0.1) is 5.82 Å². The van der Waals surface area contributed by atoms with Gasteiger partial charge in [0.15, 0.2) is 0 Å². The zero-order valence-electron chi connectivity index (χ0n) is 14.7. The van der Waals surface area contributed by atoms with Gasteiger partial charge >= 0.3 is 5.97 Å². The van der Waals surface area contributed by atoms with Crippen LogP contribution in [-0.2, 0) is 17.8 Å². The summed E-state index contributed by atoms with van der Waals surface area (Å²) >= 11 is 0. The first-order valence-electron chi connectivity index (χ1n) is 8.47. The highest BCUT2D eigenvalue weighted by Gasteiger charge is 2.23. The van der Waals surface area contributed by atoms with Crippen molar-refractivity contribution in [3.63, 3.8) is 0 Å².